The maximum atomic E-state index is 12.6. The van der Waals surface area contributed by atoms with Gasteiger partial charge in [0.1, 0.15) is 5.75 Å². The van der Waals surface area contributed by atoms with Crippen LogP contribution in [0.4, 0.5) is 13.2 Å². The predicted octanol–water partition coefficient (Wildman–Crippen LogP) is 5.02. The van der Waals surface area contributed by atoms with Crippen molar-refractivity contribution in [2.45, 2.75) is 46.9 Å². The Labute approximate surface area is 133 Å². The fourth-order valence-electron chi connectivity index (χ4n) is 1.47. The van der Waals surface area contributed by atoms with Crippen molar-refractivity contribution >= 4 is 17.6 Å². The summed E-state index contributed by atoms with van der Waals surface area (Å²) in [6.07, 6.45) is -4.82. The van der Waals surface area contributed by atoms with E-state index in [4.69, 9.17) is 21.1 Å². The second kappa shape index (κ2) is 8.88. The maximum absolute atomic E-state index is 12.6. The summed E-state index contributed by atoms with van der Waals surface area (Å²) in [5.74, 6) is -0.487. The molecular formula is C15H20ClF3O3. The number of alkyl halides is 3. The van der Waals surface area contributed by atoms with Crippen LogP contribution in [-0.2, 0) is 15.7 Å². The van der Waals surface area contributed by atoms with Crippen LogP contribution in [-0.4, -0.2) is 18.7 Å². The molecule has 22 heavy (non-hydrogen) atoms. The monoisotopic (exact) mass is 340 g/mol. The van der Waals surface area contributed by atoms with Crippen LogP contribution in [0.3, 0.4) is 0 Å². The Bertz CT molecular complexity index is 500. The molecule has 0 aromatic heterocycles. The third-order valence-electron chi connectivity index (χ3n) is 2.28. The highest BCUT2D eigenvalue weighted by Gasteiger charge is 2.33. The van der Waals surface area contributed by atoms with Crippen LogP contribution in [0.2, 0.25) is 5.02 Å². The molecule has 3 nitrogen and oxygen atoms in total. The van der Waals surface area contributed by atoms with Crippen molar-refractivity contribution in [3.8, 4) is 5.75 Å². The van der Waals surface area contributed by atoms with E-state index in [-0.39, 0.29) is 24.0 Å². The van der Waals surface area contributed by atoms with E-state index < -0.39 is 22.7 Å². The van der Waals surface area contributed by atoms with E-state index in [1.54, 1.807) is 13.8 Å². The summed E-state index contributed by atoms with van der Waals surface area (Å²) in [5, 5.41) is -0.477. The number of carbonyl (C=O) groups is 1. The average Bonchev–Trinajstić information content (AvgIpc) is 2.39. The van der Waals surface area contributed by atoms with Gasteiger partial charge in [-0.1, -0.05) is 25.4 Å². The molecule has 1 rings (SSSR count). The van der Waals surface area contributed by atoms with E-state index in [0.717, 1.165) is 12.1 Å². The first-order valence-electron chi connectivity index (χ1n) is 6.81. The lowest BCUT2D eigenvalue weighted by Crippen LogP contribution is -2.19. The first-order chi connectivity index (χ1) is 10.1. The van der Waals surface area contributed by atoms with Crippen molar-refractivity contribution in [3.05, 3.63) is 28.3 Å². The van der Waals surface area contributed by atoms with Crippen LogP contribution < -0.4 is 4.74 Å². The number of carbonyl (C=O) groups excluding carboxylic acids is 1. The molecule has 0 heterocycles. The summed E-state index contributed by atoms with van der Waals surface area (Å²) in [5.41, 5.74) is -0.701. The van der Waals surface area contributed by atoms with Gasteiger partial charge in [0, 0.05) is 0 Å². The number of aryl methyl sites for hydroxylation is 1. The minimum Gasteiger partial charge on any atom is -0.482 e. The Balaban J connectivity index is 0.00000211. The Morgan fingerprint density at radius 2 is 1.82 bits per heavy atom. The molecule has 0 aliphatic heterocycles. The molecule has 0 N–H and O–H groups in total. The van der Waals surface area contributed by atoms with Gasteiger partial charge in [0.2, 0.25) is 0 Å². The SMILES string of the molecule is CC.Cc1cc(C(F)(F)F)c(Cl)cc1OCC(=O)OC(C)C. The molecule has 0 aliphatic carbocycles. The van der Waals surface area contributed by atoms with Crippen molar-refractivity contribution in [1.82, 2.24) is 0 Å². The zero-order valence-electron chi connectivity index (χ0n) is 13.2. The number of halogens is 4. The van der Waals surface area contributed by atoms with E-state index in [1.807, 2.05) is 13.8 Å². The van der Waals surface area contributed by atoms with Gasteiger partial charge in [-0.3, -0.25) is 0 Å². The van der Waals surface area contributed by atoms with E-state index >= 15 is 0 Å². The third-order valence-corrected chi connectivity index (χ3v) is 2.60. The summed E-state index contributed by atoms with van der Waals surface area (Å²) >= 11 is 5.57. The van der Waals surface area contributed by atoms with Gasteiger partial charge in [-0.2, -0.15) is 13.2 Å². The summed E-state index contributed by atoms with van der Waals surface area (Å²) in [7, 11) is 0. The summed E-state index contributed by atoms with van der Waals surface area (Å²) < 4.78 is 47.8. The summed E-state index contributed by atoms with van der Waals surface area (Å²) in [6.45, 7) is 8.41. The molecule has 0 saturated carbocycles. The summed E-state index contributed by atoms with van der Waals surface area (Å²) in [6, 6.07) is 1.92. The van der Waals surface area contributed by atoms with Crippen LogP contribution >= 0.6 is 11.6 Å². The molecule has 0 saturated heterocycles. The van der Waals surface area contributed by atoms with Gasteiger partial charge < -0.3 is 9.47 Å². The zero-order valence-corrected chi connectivity index (χ0v) is 13.9. The van der Waals surface area contributed by atoms with Gasteiger partial charge in [-0.15, -0.1) is 0 Å². The summed E-state index contributed by atoms with van der Waals surface area (Å²) in [4.78, 5) is 11.3. The number of esters is 1. The molecule has 0 spiro atoms. The van der Waals surface area contributed by atoms with Crippen LogP contribution in [0.15, 0.2) is 12.1 Å². The Morgan fingerprint density at radius 1 is 1.27 bits per heavy atom. The van der Waals surface area contributed by atoms with Crippen LogP contribution in [0.25, 0.3) is 0 Å². The van der Waals surface area contributed by atoms with Gasteiger partial charge in [0.25, 0.3) is 0 Å². The topological polar surface area (TPSA) is 35.5 Å². The number of hydrogen-bond acceptors (Lipinski definition) is 3. The Morgan fingerprint density at radius 3 is 2.27 bits per heavy atom. The van der Waals surface area contributed by atoms with Crippen LogP contribution in [0, 0.1) is 6.92 Å². The minimum atomic E-state index is -4.53. The predicted molar refractivity (Wildman–Crippen MR) is 79.3 cm³/mol. The lowest BCUT2D eigenvalue weighted by atomic mass is 10.1. The van der Waals surface area contributed by atoms with Crippen molar-refractivity contribution < 1.29 is 27.4 Å². The van der Waals surface area contributed by atoms with E-state index in [1.165, 1.54) is 6.92 Å². The van der Waals surface area contributed by atoms with Gasteiger partial charge in [-0.25, -0.2) is 4.79 Å². The maximum Gasteiger partial charge on any atom is 0.417 e. The van der Waals surface area contributed by atoms with Crippen molar-refractivity contribution in [1.29, 1.82) is 0 Å². The first kappa shape index (κ1) is 20.6. The van der Waals surface area contributed by atoms with Gasteiger partial charge >= 0.3 is 12.1 Å². The highest BCUT2D eigenvalue weighted by molar-refractivity contribution is 6.31. The highest BCUT2D eigenvalue weighted by Crippen LogP contribution is 2.38. The second-order valence-electron chi connectivity index (χ2n) is 4.42. The largest absolute Gasteiger partial charge is 0.482 e. The van der Waals surface area contributed by atoms with Crippen LogP contribution in [0.1, 0.15) is 38.8 Å². The first-order valence-corrected chi connectivity index (χ1v) is 7.18. The number of ether oxygens (including phenoxy) is 2. The molecule has 0 bridgehead atoms. The van der Waals surface area contributed by atoms with Crippen molar-refractivity contribution in [2.75, 3.05) is 6.61 Å². The van der Waals surface area contributed by atoms with E-state index in [9.17, 15) is 18.0 Å². The van der Waals surface area contributed by atoms with Crippen LogP contribution in [0.5, 0.6) is 5.75 Å². The molecule has 1 aromatic carbocycles. The second-order valence-corrected chi connectivity index (χ2v) is 4.83. The average molecular weight is 341 g/mol. The molecule has 7 heteroatoms. The quantitative estimate of drug-likeness (QED) is 0.722. The normalized spacial score (nSPS) is 10.8. The number of rotatable bonds is 4. The number of hydrogen-bond donors (Lipinski definition) is 0. The molecule has 0 aliphatic rings. The number of benzene rings is 1. The molecule has 0 unspecified atom stereocenters. The smallest absolute Gasteiger partial charge is 0.417 e. The van der Waals surface area contributed by atoms with E-state index in [0.29, 0.717) is 0 Å². The molecule has 0 radical (unpaired) electrons. The van der Waals surface area contributed by atoms with Gasteiger partial charge in [0.05, 0.1) is 16.7 Å². The van der Waals surface area contributed by atoms with Crippen molar-refractivity contribution in [3.63, 3.8) is 0 Å². The molecule has 0 amide bonds. The third kappa shape index (κ3) is 6.56. The van der Waals surface area contributed by atoms with E-state index in [2.05, 4.69) is 0 Å². The lowest BCUT2D eigenvalue weighted by molar-refractivity contribution is -0.149. The zero-order chi connectivity index (χ0) is 17.5. The fraction of sp³-hybridized carbons (Fsp3) is 0.533. The fourth-order valence-corrected chi connectivity index (χ4v) is 1.73. The standard InChI is InChI=1S/C13H14ClF3O3.C2H6/c1-7(2)20-12(18)6-19-11-5-10(14)9(4-8(11)3)13(15,16)17;1-2/h4-5,7H,6H2,1-3H3;1-2H3. The molecule has 1 aromatic rings. The molecular weight excluding hydrogens is 321 g/mol. The minimum absolute atomic E-state index is 0.115. The Kier molecular flexibility index (Phi) is 8.30. The molecule has 126 valence electrons. The molecule has 0 fully saturated rings. The highest BCUT2D eigenvalue weighted by atomic mass is 35.5. The van der Waals surface area contributed by atoms with Gasteiger partial charge in [0.15, 0.2) is 6.61 Å². The lowest BCUT2D eigenvalue weighted by Gasteiger charge is -2.14. The Hall–Kier alpha value is -1.43. The molecule has 0 atom stereocenters. The van der Waals surface area contributed by atoms with Crippen molar-refractivity contribution in [2.24, 2.45) is 0 Å². The van der Waals surface area contributed by atoms with Gasteiger partial charge in [-0.05, 0) is 38.5 Å².